The van der Waals surface area contributed by atoms with Crippen LogP contribution in [0.15, 0.2) is 36.8 Å². The highest BCUT2D eigenvalue weighted by molar-refractivity contribution is 5.94. The number of rotatable bonds is 3. The van der Waals surface area contributed by atoms with E-state index in [0.29, 0.717) is 30.9 Å². The van der Waals surface area contributed by atoms with Gasteiger partial charge in [-0.2, -0.15) is 0 Å². The van der Waals surface area contributed by atoms with E-state index < -0.39 is 5.82 Å². The van der Waals surface area contributed by atoms with Gasteiger partial charge in [0.25, 0.3) is 5.91 Å². The zero-order valence-electron chi connectivity index (χ0n) is 13.6. The topological polar surface area (TPSA) is 72.6 Å². The quantitative estimate of drug-likeness (QED) is 0.727. The van der Waals surface area contributed by atoms with Crippen LogP contribution in [0.5, 0.6) is 6.01 Å². The number of ether oxygens (including phenoxy) is 1. The van der Waals surface area contributed by atoms with Crippen LogP contribution in [0.1, 0.15) is 22.6 Å². The van der Waals surface area contributed by atoms with Crippen molar-refractivity contribution in [3.8, 4) is 6.01 Å². The van der Waals surface area contributed by atoms with Crippen molar-refractivity contribution < 1.29 is 13.9 Å². The van der Waals surface area contributed by atoms with Crippen molar-refractivity contribution in [1.29, 1.82) is 0 Å². The van der Waals surface area contributed by atoms with Crippen LogP contribution in [0.25, 0.3) is 5.65 Å². The molecule has 1 aliphatic rings. The minimum absolute atomic E-state index is 0.0812. The van der Waals surface area contributed by atoms with Crippen LogP contribution in [0, 0.1) is 12.7 Å². The Morgan fingerprint density at radius 1 is 1.32 bits per heavy atom. The summed E-state index contributed by atoms with van der Waals surface area (Å²) in [5.74, 6) is -0.596. The highest BCUT2D eigenvalue weighted by atomic mass is 19.1. The summed E-state index contributed by atoms with van der Waals surface area (Å²) in [5, 5.41) is 0. The number of aryl methyl sites for hydroxylation is 1. The van der Waals surface area contributed by atoms with Crippen molar-refractivity contribution >= 4 is 11.6 Å². The second-order valence-corrected chi connectivity index (χ2v) is 5.94. The van der Waals surface area contributed by atoms with Gasteiger partial charge in [0.2, 0.25) is 0 Å². The predicted octanol–water partition coefficient (Wildman–Crippen LogP) is 1.87. The van der Waals surface area contributed by atoms with Crippen molar-refractivity contribution in [3.63, 3.8) is 0 Å². The number of halogens is 1. The predicted molar refractivity (Wildman–Crippen MR) is 86.9 cm³/mol. The minimum Gasteiger partial charge on any atom is -0.458 e. The number of hydrogen-bond donors (Lipinski definition) is 0. The Balaban J connectivity index is 1.50. The summed E-state index contributed by atoms with van der Waals surface area (Å²) in [6.07, 6.45) is 4.40. The van der Waals surface area contributed by atoms with Crippen molar-refractivity contribution in [3.05, 3.63) is 54.0 Å². The molecular weight excluding hydrogens is 325 g/mol. The Hall–Kier alpha value is -3.03. The van der Waals surface area contributed by atoms with E-state index in [1.54, 1.807) is 9.30 Å². The summed E-state index contributed by atoms with van der Waals surface area (Å²) < 4.78 is 20.3. The SMILES string of the molecule is Cc1nc2ccccn2c1C(=O)N1CC[C@H](Oc2ncc(F)cn2)C1. The van der Waals surface area contributed by atoms with Crippen LogP contribution in [0.2, 0.25) is 0 Å². The molecule has 4 rings (SSSR count). The van der Waals surface area contributed by atoms with E-state index in [0.717, 1.165) is 18.0 Å². The molecule has 0 radical (unpaired) electrons. The number of fused-ring (bicyclic) bond motifs is 1. The Bertz CT molecular complexity index is 924. The highest BCUT2D eigenvalue weighted by Gasteiger charge is 2.31. The van der Waals surface area contributed by atoms with Gasteiger partial charge in [0, 0.05) is 19.2 Å². The fourth-order valence-electron chi connectivity index (χ4n) is 3.04. The van der Waals surface area contributed by atoms with Crippen LogP contribution in [0.3, 0.4) is 0 Å². The van der Waals surface area contributed by atoms with E-state index in [-0.39, 0.29) is 18.0 Å². The molecule has 4 heterocycles. The van der Waals surface area contributed by atoms with Gasteiger partial charge in [-0.3, -0.25) is 9.20 Å². The lowest BCUT2D eigenvalue weighted by Gasteiger charge is -2.17. The lowest BCUT2D eigenvalue weighted by molar-refractivity contribution is 0.0762. The summed E-state index contributed by atoms with van der Waals surface area (Å²) in [5.41, 5.74) is 2.01. The number of hydrogen-bond acceptors (Lipinski definition) is 5. The van der Waals surface area contributed by atoms with Crippen LogP contribution in [-0.4, -0.2) is 49.4 Å². The fourth-order valence-corrected chi connectivity index (χ4v) is 3.04. The van der Waals surface area contributed by atoms with E-state index >= 15 is 0 Å². The molecule has 0 bridgehead atoms. The van der Waals surface area contributed by atoms with E-state index in [1.165, 1.54) is 0 Å². The first-order valence-electron chi connectivity index (χ1n) is 7.99. The van der Waals surface area contributed by atoms with Crippen LogP contribution >= 0.6 is 0 Å². The summed E-state index contributed by atoms with van der Waals surface area (Å²) >= 11 is 0. The highest BCUT2D eigenvalue weighted by Crippen LogP contribution is 2.20. The Morgan fingerprint density at radius 2 is 2.12 bits per heavy atom. The van der Waals surface area contributed by atoms with Gasteiger partial charge in [-0.05, 0) is 19.1 Å². The molecule has 0 aliphatic carbocycles. The van der Waals surface area contributed by atoms with Gasteiger partial charge < -0.3 is 9.64 Å². The summed E-state index contributed by atoms with van der Waals surface area (Å²) in [6.45, 7) is 2.83. The zero-order chi connectivity index (χ0) is 17.4. The number of carbonyl (C=O) groups is 1. The number of aromatic nitrogens is 4. The molecule has 3 aromatic rings. The van der Waals surface area contributed by atoms with Crippen molar-refractivity contribution in [2.45, 2.75) is 19.4 Å². The van der Waals surface area contributed by atoms with Gasteiger partial charge in [0.15, 0.2) is 5.82 Å². The molecule has 0 unspecified atom stereocenters. The summed E-state index contributed by atoms with van der Waals surface area (Å²) in [6, 6.07) is 5.74. The second kappa shape index (κ2) is 6.12. The zero-order valence-corrected chi connectivity index (χ0v) is 13.6. The van der Waals surface area contributed by atoms with Gasteiger partial charge in [0.1, 0.15) is 17.4 Å². The third kappa shape index (κ3) is 2.90. The summed E-state index contributed by atoms with van der Waals surface area (Å²) in [4.78, 5) is 26.7. The monoisotopic (exact) mass is 341 g/mol. The van der Waals surface area contributed by atoms with Crippen molar-refractivity contribution in [2.24, 2.45) is 0 Å². The van der Waals surface area contributed by atoms with Gasteiger partial charge >= 0.3 is 6.01 Å². The van der Waals surface area contributed by atoms with Gasteiger partial charge in [0.05, 0.1) is 24.6 Å². The Morgan fingerprint density at radius 3 is 2.92 bits per heavy atom. The van der Waals surface area contributed by atoms with Gasteiger partial charge in [-0.1, -0.05) is 6.07 Å². The van der Waals surface area contributed by atoms with Crippen molar-refractivity contribution in [1.82, 2.24) is 24.3 Å². The molecule has 128 valence electrons. The first-order chi connectivity index (χ1) is 12.1. The first kappa shape index (κ1) is 15.5. The molecule has 25 heavy (non-hydrogen) atoms. The average molecular weight is 341 g/mol. The molecule has 1 atom stereocenters. The fraction of sp³-hybridized carbons (Fsp3) is 0.294. The molecule has 1 fully saturated rings. The number of carbonyl (C=O) groups excluding carboxylic acids is 1. The largest absolute Gasteiger partial charge is 0.458 e. The molecule has 1 aliphatic heterocycles. The number of imidazole rings is 1. The normalized spacial score (nSPS) is 17.2. The molecule has 8 heteroatoms. The average Bonchev–Trinajstić information content (AvgIpc) is 3.20. The summed E-state index contributed by atoms with van der Waals surface area (Å²) in [7, 11) is 0. The van der Waals surface area contributed by atoms with Crippen LogP contribution in [-0.2, 0) is 0 Å². The number of nitrogens with zero attached hydrogens (tertiary/aromatic N) is 5. The van der Waals surface area contributed by atoms with Crippen LogP contribution in [0.4, 0.5) is 4.39 Å². The molecular formula is C17H16FN5O2. The van der Waals surface area contributed by atoms with E-state index in [9.17, 15) is 9.18 Å². The molecule has 0 aromatic carbocycles. The minimum atomic E-state index is -0.515. The van der Waals surface area contributed by atoms with E-state index in [1.807, 2.05) is 31.3 Å². The third-order valence-corrected chi connectivity index (χ3v) is 4.21. The smallest absolute Gasteiger partial charge is 0.316 e. The van der Waals surface area contributed by atoms with E-state index in [4.69, 9.17) is 4.74 Å². The van der Waals surface area contributed by atoms with E-state index in [2.05, 4.69) is 15.0 Å². The maximum absolute atomic E-state index is 12.9. The van der Waals surface area contributed by atoms with Gasteiger partial charge in [-0.25, -0.2) is 19.3 Å². The standard InChI is InChI=1S/C17H16FN5O2/c1-11-15(23-6-3-2-4-14(23)21-11)16(24)22-7-5-13(10-22)25-17-19-8-12(18)9-20-17/h2-4,6,8-9,13H,5,7,10H2,1H3/t13-/m0/s1. The number of pyridine rings is 1. The Labute approximate surface area is 143 Å². The lowest BCUT2D eigenvalue weighted by Crippen LogP contribution is -2.32. The molecule has 0 spiro atoms. The molecule has 3 aromatic heterocycles. The number of amides is 1. The van der Waals surface area contributed by atoms with Gasteiger partial charge in [-0.15, -0.1) is 0 Å². The molecule has 0 saturated carbocycles. The third-order valence-electron chi connectivity index (χ3n) is 4.21. The van der Waals surface area contributed by atoms with Crippen molar-refractivity contribution in [2.75, 3.05) is 13.1 Å². The van der Waals surface area contributed by atoms with Crippen LogP contribution < -0.4 is 4.74 Å². The number of likely N-dealkylation sites (tertiary alicyclic amines) is 1. The second-order valence-electron chi connectivity index (χ2n) is 5.94. The Kier molecular flexibility index (Phi) is 3.79. The molecule has 1 amide bonds. The first-order valence-corrected chi connectivity index (χ1v) is 7.99. The molecule has 1 saturated heterocycles. The molecule has 0 N–H and O–H groups in total. The maximum atomic E-state index is 12.9. The lowest BCUT2D eigenvalue weighted by atomic mass is 10.3. The maximum Gasteiger partial charge on any atom is 0.316 e. The molecule has 7 nitrogen and oxygen atoms in total.